The van der Waals surface area contributed by atoms with Gasteiger partial charge in [-0.3, -0.25) is 14.9 Å². The van der Waals surface area contributed by atoms with E-state index in [4.69, 9.17) is 13.9 Å². The Morgan fingerprint density at radius 2 is 1.78 bits per heavy atom. The van der Waals surface area contributed by atoms with Gasteiger partial charge >= 0.3 is 5.97 Å². The van der Waals surface area contributed by atoms with Gasteiger partial charge in [-0.1, -0.05) is 20.8 Å². The first kappa shape index (κ1) is 22.3. The van der Waals surface area contributed by atoms with Crippen LogP contribution in [0.4, 0.5) is 0 Å². The highest BCUT2D eigenvalue weighted by Gasteiger charge is 2.60. The first-order valence-corrected chi connectivity index (χ1v) is 12.7. The summed E-state index contributed by atoms with van der Waals surface area (Å²) in [5.74, 6) is -0.721. The van der Waals surface area contributed by atoms with Gasteiger partial charge in [0.25, 0.3) is 5.54 Å². The van der Waals surface area contributed by atoms with Gasteiger partial charge < -0.3 is 13.9 Å². The Balaban J connectivity index is 2.28. The van der Waals surface area contributed by atoms with Crippen molar-refractivity contribution in [2.75, 3.05) is 6.61 Å². The standard InChI is InChI=1S/C19H35NO6Si/c1-12(21)25-17(19(5,6)20(22)23)16-13(14-9-10-15(16)26-14)11-24-27(7,8)18(2,3)4/h13-17H,9-11H2,1-8H3/t13-,14-,15+,16-,17?/m1/s1. The largest absolute Gasteiger partial charge is 0.454 e. The maximum Gasteiger partial charge on any atom is 0.303 e. The molecule has 2 rings (SSSR count). The van der Waals surface area contributed by atoms with Crippen LogP contribution in [0, 0.1) is 22.0 Å². The highest BCUT2D eigenvalue weighted by Crippen LogP contribution is 2.49. The number of carbonyl (C=O) groups is 1. The summed E-state index contributed by atoms with van der Waals surface area (Å²) in [5.41, 5.74) is -1.39. The molecule has 2 bridgehead atoms. The van der Waals surface area contributed by atoms with Crippen molar-refractivity contribution in [2.45, 2.75) is 96.4 Å². The summed E-state index contributed by atoms with van der Waals surface area (Å²) in [6, 6.07) is 0. The number of rotatable bonds is 7. The monoisotopic (exact) mass is 401 g/mol. The van der Waals surface area contributed by atoms with Gasteiger partial charge in [-0.05, 0) is 31.0 Å². The number of esters is 1. The van der Waals surface area contributed by atoms with Crippen LogP contribution in [0.25, 0.3) is 0 Å². The van der Waals surface area contributed by atoms with Gasteiger partial charge in [-0.15, -0.1) is 0 Å². The highest BCUT2D eigenvalue weighted by atomic mass is 28.4. The van der Waals surface area contributed by atoms with E-state index in [9.17, 15) is 14.9 Å². The van der Waals surface area contributed by atoms with Gasteiger partial charge in [0.15, 0.2) is 14.4 Å². The lowest BCUT2D eigenvalue weighted by Crippen LogP contribution is -2.55. The summed E-state index contributed by atoms with van der Waals surface area (Å²) in [4.78, 5) is 23.1. The van der Waals surface area contributed by atoms with Crippen LogP contribution in [0.3, 0.4) is 0 Å². The van der Waals surface area contributed by atoms with Crippen molar-refractivity contribution in [2.24, 2.45) is 11.8 Å². The van der Waals surface area contributed by atoms with Crippen molar-refractivity contribution >= 4 is 14.3 Å². The van der Waals surface area contributed by atoms with Crippen molar-refractivity contribution in [3.8, 4) is 0 Å². The van der Waals surface area contributed by atoms with Gasteiger partial charge in [0, 0.05) is 44.1 Å². The molecule has 0 radical (unpaired) electrons. The molecule has 0 saturated carbocycles. The fourth-order valence-corrected chi connectivity index (χ4v) is 4.99. The first-order valence-electron chi connectivity index (χ1n) is 9.79. The Kier molecular flexibility index (Phi) is 6.15. The smallest absolute Gasteiger partial charge is 0.303 e. The quantitative estimate of drug-likeness (QED) is 0.279. The van der Waals surface area contributed by atoms with E-state index < -0.39 is 25.9 Å². The first-order chi connectivity index (χ1) is 12.2. The minimum absolute atomic E-state index is 0.00134. The van der Waals surface area contributed by atoms with E-state index in [1.54, 1.807) is 0 Å². The zero-order valence-corrected chi connectivity index (χ0v) is 18.9. The van der Waals surface area contributed by atoms with Gasteiger partial charge in [0.2, 0.25) is 0 Å². The molecule has 0 aliphatic carbocycles. The molecule has 2 aliphatic heterocycles. The SMILES string of the molecule is CC(=O)OC([C@@H]1[C@H](CO[Si](C)(C)C(C)(C)C)[C@H]2CC[C@@H]1O2)C(C)(C)[N+](=O)[O-]. The summed E-state index contributed by atoms with van der Waals surface area (Å²) < 4.78 is 18.1. The molecule has 0 aromatic heterocycles. The molecule has 5 atom stereocenters. The highest BCUT2D eigenvalue weighted by molar-refractivity contribution is 6.74. The summed E-state index contributed by atoms with van der Waals surface area (Å²) >= 11 is 0. The molecule has 0 amide bonds. The third kappa shape index (κ3) is 4.37. The van der Waals surface area contributed by atoms with E-state index >= 15 is 0 Å². The average molecular weight is 402 g/mol. The fourth-order valence-electron chi connectivity index (χ4n) is 3.95. The number of nitro groups is 1. The molecule has 2 saturated heterocycles. The summed E-state index contributed by atoms with van der Waals surface area (Å²) in [6.07, 6.45) is 0.834. The lowest BCUT2D eigenvalue weighted by Gasteiger charge is -2.41. The average Bonchev–Trinajstić information content (AvgIpc) is 3.10. The normalized spacial score (nSPS) is 29.6. The number of hydrogen-bond acceptors (Lipinski definition) is 6. The molecule has 0 N–H and O–H groups in total. The summed E-state index contributed by atoms with van der Waals surface area (Å²) in [5, 5.41) is 11.8. The molecule has 2 aliphatic rings. The molecule has 2 heterocycles. The minimum atomic E-state index is -1.96. The fraction of sp³-hybridized carbons (Fsp3) is 0.947. The van der Waals surface area contributed by atoms with E-state index in [1.807, 2.05) is 0 Å². The maximum absolute atomic E-state index is 11.7. The van der Waals surface area contributed by atoms with Gasteiger partial charge in [-0.25, -0.2) is 0 Å². The van der Waals surface area contributed by atoms with E-state index in [0.29, 0.717) is 6.61 Å². The Morgan fingerprint density at radius 1 is 1.22 bits per heavy atom. The topological polar surface area (TPSA) is 87.9 Å². The molecule has 0 aromatic rings. The van der Waals surface area contributed by atoms with E-state index in [0.717, 1.165) is 12.8 Å². The van der Waals surface area contributed by atoms with Crippen LogP contribution in [0.15, 0.2) is 0 Å². The predicted molar refractivity (Wildman–Crippen MR) is 105 cm³/mol. The van der Waals surface area contributed by atoms with Crippen molar-refractivity contribution < 1.29 is 23.6 Å². The van der Waals surface area contributed by atoms with Crippen molar-refractivity contribution in [1.29, 1.82) is 0 Å². The molecule has 27 heavy (non-hydrogen) atoms. The van der Waals surface area contributed by atoms with Crippen molar-refractivity contribution in [3.05, 3.63) is 10.1 Å². The number of carbonyl (C=O) groups excluding carboxylic acids is 1. The lowest BCUT2D eigenvalue weighted by molar-refractivity contribution is -0.575. The third-order valence-electron chi connectivity index (χ3n) is 6.74. The van der Waals surface area contributed by atoms with E-state index in [-0.39, 0.29) is 34.0 Å². The zero-order chi connectivity index (χ0) is 20.8. The predicted octanol–water partition coefficient (Wildman–Crippen LogP) is 3.79. The minimum Gasteiger partial charge on any atom is -0.454 e. The molecular formula is C19H35NO6Si. The molecule has 156 valence electrons. The number of hydrogen-bond donors (Lipinski definition) is 0. The number of ether oxygens (including phenoxy) is 2. The molecule has 1 unspecified atom stereocenters. The zero-order valence-electron chi connectivity index (χ0n) is 17.9. The number of fused-ring (bicyclic) bond motifs is 2. The Labute approximate surface area is 163 Å². The second-order valence-corrected chi connectivity index (χ2v) is 14.9. The maximum atomic E-state index is 11.7. The van der Waals surface area contributed by atoms with Crippen molar-refractivity contribution in [1.82, 2.24) is 0 Å². The van der Waals surface area contributed by atoms with Crippen LogP contribution < -0.4 is 0 Å². The van der Waals surface area contributed by atoms with Gasteiger partial charge in [-0.2, -0.15) is 0 Å². The molecular weight excluding hydrogens is 366 g/mol. The van der Waals surface area contributed by atoms with E-state index in [1.165, 1.54) is 20.8 Å². The van der Waals surface area contributed by atoms with Crippen LogP contribution in [0.2, 0.25) is 18.1 Å². The van der Waals surface area contributed by atoms with Crippen LogP contribution in [-0.2, 0) is 18.7 Å². The second-order valence-electron chi connectivity index (χ2n) is 10.0. The molecule has 0 spiro atoms. The second kappa shape index (κ2) is 7.44. The van der Waals surface area contributed by atoms with Crippen LogP contribution in [0.1, 0.15) is 54.4 Å². The van der Waals surface area contributed by atoms with Crippen LogP contribution in [0.5, 0.6) is 0 Å². The van der Waals surface area contributed by atoms with Crippen LogP contribution >= 0.6 is 0 Å². The molecule has 2 fully saturated rings. The van der Waals surface area contributed by atoms with E-state index in [2.05, 4.69) is 33.9 Å². The molecule has 0 aromatic carbocycles. The van der Waals surface area contributed by atoms with Gasteiger partial charge in [0.05, 0.1) is 12.2 Å². The molecule has 8 heteroatoms. The van der Waals surface area contributed by atoms with Crippen LogP contribution in [-0.4, -0.2) is 49.7 Å². The summed E-state index contributed by atoms with van der Waals surface area (Å²) in [6.45, 7) is 15.8. The summed E-state index contributed by atoms with van der Waals surface area (Å²) in [7, 11) is -1.96. The Hall–Kier alpha value is -0.993. The van der Waals surface area contributed by atoms with Crippen molar-refractivity contribution in [3.63, 3.8) is 0 Å². The lowest BCUT2D eigenvalue weighted by atomic mass is 9.72. The Morgan fingerprint density at radius 3 is 2.26 bits per heavy atom. The molecule has 7 nitrogen and oxygen atoms in total. The van der Waals surface area contributed by atoms with Gasteiger partial charge in [0.1, 0.15) is 0 Å². The third-order valence-corrected chi connectivity index (χ3v) is 11.2. The Bertz CT molecular complexity index is 585. The number of nitrogens with zero attached hydrogens (tertiary/aromatic N) is 1.